The van der Waals surface area contributed by atoms with Crippen LogP contribution in [0.5, 0.6) is 0 Å². The number of amides is 2. The standard InChI is InChI=1S/C59H67N4O14PS3/c1-58(2)48-40-45(80(70,71)72)27-30-50(48)63(36-37-76-4)53(58)23-14-8-15-24-54-59(3,32-18-38-79(67,68)69)49-41-46(81(73,74)75)28-31-51(49)62(54)35-17-9-16-25-55(64)60-33-34-61-56(65)42-26-29-47(57(66)77-5)52(39-42)78(43-19-10-6-11-20-43)44-21-12-7-13-22-44/h6-8,10-15,19-24,26-31,39-41H,9,16-18,25,32-38H2,1-5H3,(H4-,60,61,64,65,67,68,69,70,71,72,73,74,75)/p+1. The number of benzene rings is 5. The summed E-state index contributed by atoms with van der Waals surface area (Å²) in [6.45, 7) is 7.26. The molecule has 430 valence electrons. The maximum atomic E-state index is 13.6. The third kappa shape index (κ3) is 15.1. The summed E-state index contributed by atoms with van der Waals surface area (Å²) in [7, 11) is -11.8. The summed E-state index contributed by atoms with van der Waals surface area (Å²) in [4.78, 5) is 41.1. The summed E-state index contributed by atoms with van der Waals surface area (Å²) >= 11 is 0. The molecule has 81 heavy (non-hydrogen) atoms. The lowest BCUT2D eigenvalue weighted by molar-refractivity contribution is -0.441. The molecular formula is C59H68N4O14PS3+. The number of nitrogens with one attached hydrogen (secondary N) is 2. The van der Waals surface area contributed by atoms with Crippen molar-refractivity contribution in [3.63, 3.8) is 0 Å². The van der Waals surface area contributed by atoms with Crippen LogP contribution in [0.2, 0.25) is 0 Å². The van der Waals surface area contributed by atoms with E-state index in [0.29, 0.717) is 77.9 Å². The van der Waals surface area contributed by atoms with Crippen LogP contribution >= 0.6 is 7.92 Å². The Kier molecular flexibility index (Phi) is 20.3. The van der Waals surface area contributed by atoms with E-state index >= 15 is 0 Å². The topological polar surface area (TPSA) is 263 Å². The summed E-state index contributed by atoms with van der Waals surface area (Å²) in [5, 5.41) is 8.38. The van der Waals surface area contributed by atoms with E-state index < -0.39 is 60.8 Å². The second-order valence-corrected chi connectivity index (χ2v) is 26.9. The molecule has 5 aromatic rings. The number of rotatable bonds is 26. The Morgan fingerprint density at radius 1 is 0.704 bits per heavy atom. The van der Waals surface area contributed by atoms with Gasteiger partial charge in [-0.2, -0.15) is 29.8 Å². The van der Waals surface area contributed by atoms with E-state index in [-0.39, 0.29) is 54.0 Å². The number of esters is 1. The molecular weight excluding hydrogens is 1120 g/mol. The number of ether oxygens (including phenoxy) is 2. The minimum atomic E-state index is -4.65. The molecule has 2 heterocycles. The predicted molar refractivity (Wildman–Crippen MR) is 314 cm³/mol. The van der Waals surface area contributed by atoms with Crippen molar-refractivity contribution in [1.82, 2.24) is 10.6 Å². The Labute approximate surface area is 475 Å². The summed E-state index contributed by atoms with van der Waals surface area (Å²) in [6.07, 6.45) is 11.2. The number of fused-ring (bicyclic) bond motifs is 2. The van der Waals surface area contributed by atoms with Gasteiger partial charge in [0.15, 0.2) is 12.3 Å². The molecule has 1 atom stereocenters. The van der Waals surface area contributed by atoms with Crippen LogP contribution in [0.4, 0.5) is 11.4 Å². The highest BCUT2D eigenvalue weighted by atomic mass is 32.2. The van der Waals surface area contributed by atoms with Crippen LogP contribution in [0.3, 0.4) is 0 Å². The molecule has 0 fully saturated rings. The molecule has 0 bridgehead atoms. The van der Waals surface area contributed by atoms with E-state index in [0.717, 1.165) is 22.0 Å². The maximum Gasteiger partial charge on any atom is 0.338 e. The average Bonchev–Trinajstić information content (AvgIpc) is 3.90. The molecule has 5 N–H and O–H groups in total. The van der Waals surface area contributed by atoms with Gasteiger partial charge in [-0.1, -0.05) is 85.3 Å². The Balaban J connectivity index is 1.03. The van der Waals surface area contributed by atoms with Gasteiger partial charge >= 0.3 is 5.97 Å². The van der Waals surface area contributed by atoms with Gasteiger partial charge < -0.3 is 25.0 Å². The Hall–Kier alpha value is -6.68. The van der Waals surface area contributed by atoms with Crippen LogP contribution in [0, 0.1) is 0 Å². The minimum absolute atomic E-state index is 0.0126. The first-order chi connectivity index (χ1) is 38.4. The normalized spacial score (nSPS) is 16.6. The molecule has 22 heteroatoms. The zero-order valence-electron chi connectivity index (χ0n) is 45.7. The Bertz CT molecular complexity index is 3590. The lowest BCUT2D eigenvalue weighted by Crippen LogP contribution is -2.35. The highest BCUT2D eigenvalue weighted by Crippen LogP contribution is 2.51. The molecule has 0 radical (unpaired) electrons. The summed E-state index contributed by atoms with van der Waals surface area (Å²) in [5.74, 6) is -1.66. The van der Waals surface area contributed by atoms with Gasteiger partial charge in [-0.15, -0.1) is 0 Å². The van der Waals surface area contributed by atoms with Crippen molar-refractivity contribution in [2.24, 2.45) is 0 Å². The average molecular weight is 1180 g/mol. The molecule has 18 nitrogen and oxygen atoms in total. The van der Waals surface area contributed by atoms with Gasteiger partial charge in [0.25, 0.3) is 36.3 Å². The van der Waals surface area contributed by atoms with Gasteiger partial charge in [-0.3, -0.25) is 23.2 Å². The first-order valence-electron chi connectivity index (χ1n) is 26.2. The van der Waals surface area contributed by atoms with Crippen molar-refractivity contribution < 1.29 is 67.3 Å². The minimum Gasteiger partial charge on any atom is -0.465 e. The molecule has 0 saturated carbocycles. The molecule has 1 unspecified atom stereocenters. The summed E-state index contributed by atoms with van der Waals surface area (Å²) in [6, 6.07) is 33.2. The Morgan fingerprint density at radius 2 is 1.33 bits per heavy atom. The number of nitrogens with zero attached hydrogens (tertiary/aromatic N) is 2. The second-order valence-electron chi connectivity index (χ2n) is 20.3. The lowest BCUT2D eigenvalue weighted by atomic mass is 9.77. The molecule has 2 aliphatic rings. The van der Waals surface area contributed by atoms with Gasteiger partial charge in [0.05, 0.1) is 33.6 Å². The van der Waals surface area contributed by atoms with Crippen LogP contribution in [0.1, 0.15) is 91.1 Å². The van der Waals surface area contributed by atoms with Crippen LogP contribution < -0.4 is 31.4 Å². The SMILES string of the molecule is COCC[N+]1=C(/C=C/C=C/C=C2/N(CCCCCC(=O)NCCNC(=O)c3ccc(C(=O)OC)c(P(c4ccccc4)c4ccccc4)c3)c3ccc(S(=O)(=O)O)cc3C2(C)CCCS(=O)(=O)O)C(C)(C)c2cc(S(=O)(=O)O)ccc21. The van der Waals surface area contributed by atoms with E-state index in [4.69, 9.17) is 9.47 Å². The zero-order chi connectivity index (χ0) is 58.8. The van der Waals surface area contributed by atoms with E-state index in [9.17, 15) is 53.3 Å². The molecule has 7 rings (SSSR count). The van der Waals surface area contributed by atoms with E-state index in [1.165, 1.54) is 31.4 Å². The number of carbonyl (C=O) groups excluding carboxylic acids is 3. The van der Waals surface area contributed by atoms with Crippen LogP contribution in [0.15, 0.2) is 161 Å². The summed E-state index contributed by atoms with van der Waals surface area (Å²) in [5.41, 5.74) is 3.12. The second kappa shape index (κ2) is 26.5. The van der Waals surface area contributed by atoms with Crippen molar-refractivity contribution in [2.75, 3.05) is 57.7 Å². The van der Waals surface area contributed by atoms with Crippen molar-refractivity contribution in [3.05, 3.63) is 174 Å². The number of hydrogen-bond acceptors (Lipinski definition) is 12. The molecule has 0 spiro atoms. The highest BCUT2D eigenvalue weighted by molar-refractivity contribution is 7.86. The lowest BCUT2D eigenvalue weighted by Gasteiger charge is -2.30. The van der Waals surface area contributed by atoms with E-state index in [1.807, 2.05) is 109 Å². The van der Waals surface area contributed by atoms with Crippen LogP contribution in [0.25, 0.3) is 0 Å². The van der Waals surface area contributed by atoms with Crippen molar-refractivity contribution >= 4 is 89.1 Å². The third-order valence-electron chi connectivity index (χ3n) is 14.5. The van der Waals surface area contributed by atoms with Gasteiger partial charge in [-0.05, 0) is 125 Å². The molecule has 2 amide bonds. The molecule has 0 saturated heterocycles. The molecule has 0 aliphatic carbocycles. The number of unbranched alkanes of at least 4 members (excludes halogenated alkanes) is 2. The number of hydrogen-bond donors (Lipinski definition) is 5. The van der Waals surface area contributed by atoms with Gasteiger partial charge in [0.2, 0.25) is 11.6 Å². The van der Waals surface area contributed by atoms with Gasteiger partial charge in [0, 0.05) is 78.5 Å². The van der Waals surface area contributed by atoms with Crippen molar-refractivity contribution in [3.8, 4) is 0 Å². The smallest absolute Gasteiger partial charge is 0.338 e. The van der Waals surface area contributed by atoms with Crippen LogP contribution in [-0.4, -0.2) is 120 Å². The number of methoxy groups -OCH3 is 2. The van der Waals surface area contributed by atoms with Crippen molar-refractivity contribution in [2.45, 2.75) is 79.9 Å². The Morgan fingerprint density at radius 3 is 1.95 bits per heavy atom. The van der Waals surface area contributed by atoms with Crippen molar-refractivity contribution in [1.29, 1.82) is 0 Å². The van der Waals surface area contributed by atoms with E-state index in [1.54, 1.807) is 49.6 Å². The first kappa shape index (κ1) is 61.9. The zero-order valence-corrected chi connectivity index (χ0v) is 49.1. The monoisotopic (exact) mass is 1180 g/mol. The maximum absolute atomic E-state index is 13.6. The largest absolute Gasteiger partial charge is 0.465 e. The molecule has 0 aromatic heterocycles. The fraction of sp³-hybridized carbons (Fsp3) is 0.322. The molecule has 5 aromatic carbocycles. The highest BCUT2D eigenvalue weighted by Gasteiger charge is 2.46. The van der Waals surface area contributed by atoms with E-state index in [2.05, 4.69) is 10.6 Å². The van der Waals surface area contributed by atoms with Crippen LogP contribution in [-0.2, 0) is 55.5 Å². The number of anilines is 1. The third-order valence-corrected chi connectivity index (χ3v) is 19.4. The predicted octanol–water partition coefficient (Wildman–Crippen LogP) is 7.30. The van der Waals surface area contributed by atoms with Gasteiger partial charge in [0.1, 0.15) is 6.61 Å². The molecule has 2 aliphatic heterocycles. The number of allylic oxidation sites excluding steroid dienone is 6. The quantitative estimate of drug-likeness (QED) is 0.00909. The van der Waals surface area contributed by atoms with Gasteiger partial charge in [-0.25, -0.2) is 4.79 Å². The fourth-order valence-electron chi connectivity index (χ4n) is 10.4. The number of carbonyl (C=O) groups is 3. The fourth-order valence-corrected chi connectivity index (χ4v) is 14.4. The first-order valence-corrected chi connectivity index (χ1v) is 32.1. The summed E-state index contributed by atoms with van der Waals surface area (Å²) < 4.78 is 115.